The number of nitrogens with one attached hydrogen (secondary N) is 1. The number of carbonyl (C=O) groups excluding carboxylic acids is 2. The van der Waals surface area contributed by atoms with Crippen LogP contribution in [0.5, 0.6) is 0 Å². The van der Waals surface area contributed by atoms with Gasteiger partial charge < -0.3 is 15.1 Å². The highest BCUT2D eigenvalue weighted by Crippen LogP contribution is 2.50. The molecule has 1 aliphatic heterocycles. The van der Waals surface area contributed by atoms with Crippen LogP contribution in [0.2, 0.25) is 0 Å². The molecule has 2 fully saturated rings. The number of nitrogens with zero attached hydrogens (tertiary/aromatic N) is 3. The van der Waals surface area contributed by atoms with Crippen LogP contribution in [0.15, 0.2) is 48.5 Å². The number of benzene rings is 2. The molecule has 7 heteroatoms. The highest BCUT2D eigenvalue weighted by atomic mass is 19.1. The molecule has 2 aromatic rings. The first kappa shape index (κ1) is 22.9. The highest BCUT2D eigenvalue weighted by molar-refractivity contribution is 5.97. The van der Waals surface area contributed by atoms with Crippen molar-refractivity contribution in [3.05, 3.63) is 71.0 Å². The maximum Gasteiger partial charge on any atom is 0.251 e. The van der Waals surface area contributed by atoms with Crippen LogP contribution < -0.4 is 5.32 Å². The van der Waals surface area contributed by atoms with Crippen molar-refractivity contribution < 1.29 is 14.0 Å². The molecule has 0 radical (unpaired) electrons. The maximum absolute atomic E-state index is 13.3. The summed E-state index contributed by atoms with van der Waals surface area (Å²) in [5.74, 6) is 0.241. The van der Waals surface area contributed by atoms with E-state index in [1.807, 2.05) is 30.1 Å². The smallest absolute Gasteiger partial charge is 0.251 e. The molecule has 1 heterocycles. The molecule has 0 aromatic heterocycles. The number of halogens is 1. The fourth-order valence-electron chi connectivity index (χ4n) is 4.51. The lowest BCUT2D eigenvalue weighted by molar-refractivity contribution is -0.135. The van der Waals surface area contributed by atoms with E-state index in [1.54, 1.807) is 24.3 Å². The molecule has 1 aliphatic carbocycles. The normalized spacial score (nSPS) is 21.2. The van der Waals surface area contributed by atoms with Gasteiger partial charge in [0.1, 0.15) is 11.9 Å². The molecule has 1 unspecified atom stereocenters. The molecule has 2 amide bonds. The largest absolute Gasteiger partial charge is 0.340 e. The summed E-state index contributed by atoms with van der Waals surface area (Å²) in [6.45, 7) is 2.94. The molecule has 2 aromatic carbocycles. The van der Waals surface area contributed by atoms with Gasteiger partial charge in [-0.3, -0.25) is 9.59 Å². The predicted octanol–water partition coefficient (Wildman–Crippen LogP) is 3.15. The summed E-state index contributed by atoms with van der Waals surface area (Å²) in [7, 11) is 2.04. The van der Waals surface area contributed by atoms with Gasteiger partial charge in [-0.05, 0) is 80.1 Å². The monoisotopic (exact) mass is 448 g/mol. The van der Waals surface area contributed by atoms with Gasteiger partial charge in [-0.2, -0.15) is 5.26 Å². The maximum atomic E-state index is 13.3. The lowest BCUT2D eigenvalue weighted by atomic mass is 10.0. The summed E-state index contributed by atoms with van der Waals surface area (Å²) in [5.41, 5.74) is 2.04. The van der Waals surface area contributed by atoms with Crippen molar-refractivity contribution in [2.75, 3.05) is 33.2 Å². The summed E-state index contributed by atoms with van der Waals surface area (Å²) in [5, 5.41) is 11.9. The zero-order valence-electron chi connectivity index (χ0n) is 18.8. The zero-order chi connectivity index (χ0) is 23.4. The number of rotatable bonds is 7. The summed E-state index contributed by atoms with van der Waals surface area (Å²) >= 11 is 0. The van der Waals surface area contributed by atoms with Gasteiger partial charge in [0.2, 0.25) is 5.91 Å². The molecule has 6 nitrogen and oxygen atoms in total. The van der Waals surface area contributed by atoms with Crippen LogP contribution >= 0.6 is 0 Å². The molecule has 172 valence electrons. The minimum atomic E-state index is -0.592. The van der Waals surface area contributed by atoms with Crippen LogP contribution in [0.25, 0.3) is 0 Å². The molecular formula is C26H29FN4O2. The first-order chi connectivity index (χ1) is 15.9. The van der Waals surface area contributed by atoms with E-state index in [0.717, 1.165) is 31.5 Å². The van der Waals surface area contributed by atoms with Crippen molar-refractivity contribution >= 4 is 11.8 Å². The number of hydrogen-bond donors (Lipinski definition) is 1. The van der Waals surface area contributed by atoms with E-state index < -0.39 is 6.04 Å². The summed E-state index contributed by atoms with van der Waals surface area (Å²) < 4.78 is 13.2. The Morgan fingerprint density at radius 1 is 1.09 bits per heavy atom. The molecule has 4 rings (SSSR count). The predicted molar refractivity (Wildman–Crippen MR) is 123 cm³/mol. The second-order valence-corrected chi connectivity index (χ2v) is 9.07. The van der Waals surface area contributed by atoms with Crippen molar-refractivity contribution in [2.45, 2.75) is 31.2 Å². The number of nitriles is 1. The molecule has 2 aliphatic rings. The Bertz CT molecular complexity index is 1020. The molecule has 0 bridgehead atoms. The molecule has 1 saturated heterocycles. The minimum absolute atomic E-state index is 0.0379. The van der Waals surface area contributed by atoms with Crippen molar-refractivity contribution in [1.29, 1.82) is 5.26 Å². The topological polar surface area (TPSA) is 76.4 Å². The Morgan fingerprint density at radius 3 is 2.39 bits per heavy atom. The molecule has 3 atom stereocenters. The minimum Gasteiger partial charge on any atom is -0.340 e. The second kappa shape index (κ2) is 10.1. The number of amides is 2. The van der Waals surface area contributed by atoms with E-state index in [0.29, 0.717) is 42.5 Å². The Hall–Kier alpha value is -3.24. The van der Waals surface area contributed by atoms with Gasteiger partial charge in [0.05, 0.1) is 11.6 Å². The van der Waals surface area contributed by atoms with Crippen LogP contribution in [0, 0.1) is 23.1 Å². The lowest BCUT2D eigenvalue weighted by Crippen LogP contribution is -2.54. The average molecular weight is 449 g/mol. The van der Waals surface area contributed by atoms with E-state index in [2.05, 4.69) is 10.2 Å². The van der Waals surface area contributed by atoms with Crippen molar-refractivity contribution in [3.63, 3.8) is 0 Å². The molecule has 1 N–H and O–H groups in total. The Kier molecular flexibility index (Phi) is 7.05. The van der Waals surface area contributed by atoms with Crippen LogP contribution in [0.3, 0.4) is 0 Å². The number of piperazine rings is 1. The number of hydrogen-bond acceptors (Lipinski definition) is 4. The quantitative estimate of drug-likeness (QED) is 0.706. The van der Waals surface area contributed by atoms with Gasteiger partial charge in [-0.15, -0.1) is 0 Å². The van der Waals surface area contributed by atoms with E-state index in [-0.39, 0.29) is 17.6 Å². The average Bonchev–Trinajstić information content (AvgIpc) is 3.62. The number of carbonyl (C=O) groups is 2. The third-order valence-corrected chi connectivity index (χ3v) is 6.74. The third kappa shape index (κ3) is 5.77. The van der Waals surface area contributed by atoms with Crippen molar-refractivity contribution in [1.82, 2.24) is 15.1 Å². The van der Waals surface area contributed by atoms with Gasteiger partial charge in [-0.1, -0.05) is 12.1 Å². The Balaban J connectivity index is 1.40. The van der Waals surface area contributed by atoms with Gasteiger partial charge >= 0.3 is 0 Å². The van der Waals surface area contributed by atoms with Crippen molar-refractivity contribution in [3.8, 4) is 6.07 Å². The fourth-order valence-corrected chi connectivity index (χ4v) is 4.51. The Labute approximate surface area is 194 Å². The van der Waals surface area contributed by atoms with E-state index >= 15 is 0 Å². The van der Waals surface area contributed by atoms with Gasteiger partial charge in [0.25, 0.3) is 5.91 Å². The fraction of sp³-hybridized carbons (Fsp3) is 0.423. The summed E-state index contributed by atoms with van der Waals surface area (Å²) in [6.07, 6.45) is 2.40. The third-order valence-electron chi connectivity index (χ3n) is 6.74. The molecule has 33 heavy (non-hydrogen) atoms. The van der Waals surface area contributed by atoms with Gasteiger partial charge in [-0.25, -0.2) is 4.39 Å². The van der Waals surface area contributed by atoms with Crippen LogP contribution in [0.4, 0.5) is 4.39 Å². The summed E-state index contributed by atoms with van der Waals surface area (Å²) in [4.78, 5) is 30.2. The zero-order valence-corrected chi connectivity index (χ0v) is 18.8. The van der Waals surface area contributed by atoms with Gasteiger partial charge in [0, 0.05) is 31.7 Å². The first-order valence-electron chi connectivity index (χ1n) is 11.5. The number of likely N-dealkylation sites (N-methyl/N-ethyl adjacent to an activating group) is 1. The van der Waals surface area contributed by atoms with Crippen LogP contribution in [0.1, 0.15) is 46.7 Å². The molecule has 0 spiro atoms. The lowest BCUT2D eigenvalue weighted by Gasteiger charge is -2.35. The standard InChI is InChI=1S/C26H29FN4O2/c1-30-12-14-31(15-13-30)26(33)24(29-25(32)20-4-2-18(17-28)3-5-20)11-8-21-16-23(21)19-6-9-22(27)10-7-19/h2-7,9-10,21,23-24H,8,11-16H2,1H3,(H,29,32)/t21-,23+,24?/m1/s1. The molecular weight excluding hydrogens is 419 g/mol. The van der Waals surface area contributed by atoms with E-state index in [1.165, 1.54) is 12.1 Å². The van der Waals surface area contributed by atoms with Crippen LogP contribution in [-0.4, -0.2) is 60.9 Å². The van der Waals surface area contributed by atoms with E-state index in [9.17, 15) is 14.0 Å². The Morgan fingerprint density at radius 2 is 1.76 bits per heavy atom. The first-order valence-corrected chi connectivity index (χ1v) is 11.5. The van der Waals surface area contributed by atoms with Crippen LogP contribution in [-0.2, 0) is 4.79 Å². The van der Waals surface area contributed by atoms with Crippen molar-refractivity contribution in [2.24, 2.45) is 5.92 Å². The highest BCUT2D eigenvalue weighted by Gasteiger charge is 2.39. The molecule has 1 saturated carbocycles. The van der Waals surface area contributed by atoms with Gasteiger partial charge in [0.15, 0.2) is 0 Å². The SMILES string of the molecule is CN1CCN(C(=O)C(CC[C@@H]2C[C@H]2c2ccc(F)cc2)NC(=O)c2ccc(C#N)cc2)CC1. The summed E-state index contributed by atoms with van der Waals surface area (Å²) in [6, 6.07) is 14.5. The second-order valence-electron chi connectivity index (χ2n) is 9.07. The van der Waals surface area contributed by atoms with E-state index in [4.69, 9.17) is 5.26 Å².